The molecule has 220 valence electrons. The third kappa shape index (κ3) is 5.34. The number of benzene rings is 7. The van der Waals surface area contributed by atoms with E-state index in [1.165, 1.54) is 60.7 Å². The maximum absolute atomic E-state index is 2.46. The van der Waals surface area contributed by atoms with E-state index in [9.17, 15) is 0 Å². The number of hydrogen-bond acceptors (Lipinski definition) is 2. The predicted octanol–water partition coefficient (Wildman–Crippen LogP) is 12.5. The molecule has 0 radical (unpaired) electrons. The van der Waals surface area contributed by atoms with Gasteiger partial charge in [0.1, 0.15) is 0 Å². The predicted molar refractivity (Wildman–Crippen MR) is 195 cm³/mol. The lowest BCUT2D eigenvalue weighted by Crippen LogP contribution is -2.15. The summed E-state index contributed by atoms with van der Waals surface area (Å²) in [6.45, 7) is 10.9. The van der Waals surface area contributed by atoms with Crippen LogP contribution in [-0.2, 0) is 0 Å². The Morgan fingerprint density at radius 2 is 0.622 bits per heavy atom. The van der Waals surface area contributed by atoms with E-state index in [1.807, 2.05) is 0 Å². The van der Waals surface area contributed by atoms with Crippen molar-refractivity contribution in [3.05, 3.63) is 167 Å². The molecule has 0 unspecified atom stereocenters. The molecule has 0 aliphatic rings. The van der Waals surface area contributed by atoms with Crippen LogP contribution in [-0.4, -0.2) is 0 Å². The summed E-state index contributed by atoms with van der Waals surface area (Å²) in [4.78, 5) is 4.91. The zero-order valence-corrected chi connectivity index (χ0v) is 26.7. The Labute approximate surface area is 266 Å². The van der Waals surface area contributed by atoms with Crippen molar-refractivity contribution in [1.29, 1.82) is 0 Å². The van der Waals surface area contributed by atoms with E-state index in [-0.39, 0.29) is 0 Å². The Morgan fingerprint density at radius 1 is 0.289 bits per heavy atom. The number of aryl methyl sites for hydroxylation is 5. The number of hydrogen-bond donors (Lipinski definition) is 0. The Hall–Kier alpha value is -5.34. The number of anilines is 6. The van der Waals surface area contributed by atoms with Crippen LogP contribution in [0.5, 0.6) is 0 Å². The van der Waals surface area contributed by atoms with Crippen LogP contribution >= 0.6 is 0 Å². The van der Waals surface area contributed by atoms with Gasteiger partial charge < -0.3 is 9.80 Å². The second-order valence-electron chi connectivity index (χ2n) is 12.3. The molecule has 7 aromatic carbocycles. The first kappa shape index (κ1) is 28.4. The molecule has 0 heterocycles. The average Bonchev–Trinajstić information content (AvgIpc) is 3.02. The maximum Gasteiger partial charge on any atom is 0.0620 e. The van der Waals surface area contributed by atoms with Gasteiger partial charge in [-0.2, -0.15) is 0 Å². The highest BCUT2D eigenvalue weighted by atomic mass is 15.2. The first-order valence-electron chi connectivity index (χ1n) is 15.7. The van der Waals surface area contributed by atoms with Crippen molar-refractivity contribution in [3.8, 4) is 0 Å². The Morgan fingerprint density at radius 3 is 1.00 bits per heavy atom. The minimum absolute atomic E-state index is 1.15. The van der Waals surface area contributed by atoms with Gasteiger partial charge in [0.2, 0.25) is 0 Å². The van der Waals surface area contributed by atoms with E-state index in [4.69, 9.17) is 0 Å². The molecule has 0 bridgehead atoms. The van der Waals surface area contributed by atoms with Crippen molar-refractivity contribution in [2.75, 3.05) is 9.80 Å². The van der Waals surface area contributed by atoms with Gasteiger partial charge in [-0.1, -0.05) is 90.5 Å². The maximum atomic E-state index is 2.46. The molecule has 7 rings (SSSR count). The summed E-state index contributed by atoms with van der Waals surface area (Å²) in [5.74, 6) is 0. The minimum atomic E-state index is 1.15. The van der Waals surface area contributed by atoms with Crippen LogP contribution in [0.1, 0.15) is 27.8 Å². The van der Waals surface area contributed by atoms with Gasteiger partial charge >= 0.3 is 0 Å². The van der Waals surface area contributed by atoms with Crippen LogP contribution in [0.4, 0.5) is 34.1 Å². The summed E-state index contributed by atoms with van der Waals surface area (Å²) in [6.07, 6.45) is 0. The summed E-state index contributed by atoms with van der Waals surface area (Å²) in [5.41, 5.74) is 13.1. The zero-order valence-electron chi connectivity index (χ0n) is 26.7. The van der Waals surface area contributed by atoms with Crippen molar-refractivity contribution < 1.29 is 0 Å². The smallest absolute Gasteiger partial charge is 0.0620 e. The van der Waals surface area contributed by atoms with E-state index in [2.05, 4.69) is 184 Å². The standard InChI is InChI=1S/C43H38N2/c1-29-12-8-16-34(24-29)44(35-17-9-13-30(2)25-35)42-38-20-6-7-21-39(38)43(41-28-33(5)22-23-40(41)42)45(36-18-10-14-31(3)26-36)37-19-11-15-32(4)27-37/h6-28H,1-5H3. The molecule has 0 N–H and O–H groups in total. The molecular weight excluding hydrogens is 544 g/mol. The molecule has 0 fully saturated rings. The third-order valence-corrected chi connectivity index (χ3v) is 8.61. The van der Waals surface area contributed by atoms with Gasteiger partial charge in [-0.3, -0.25) is 0 Å². The second-order valence-corrected chi connectivity index (χ2v) is 12.3. The molecule has 2 heteroatoms. The molecule has 2 nitrogen and oxygen atoms in total. The topological polar surface area (TPSA) is 6.48 Å². The van der Waals surface area contributed by atoms with E-state index in [0.717, 1.165) is 22.7 Å². The molecule has 0 aromatic heterocycles. The molecular formula is C43H38N2. The number of fused-ring (bicyclic) bond motifs is 2. The van der Waals surface area contributed by atoms with Crippen molar-refractivity contribution >= 4 is 55.7 Å². The molecule has 0 aliphatic carbocycles. The van der Waals surface area contributed by atoms with Crippen LogP contribution in [0.3, 0.4) is 0 Å². The molecule has 0 saturated carbocycles. The molecule has 0 saturated heterocycles. The van der Waals surface area contributed by atoms with Crippen molar-refractivity contribution in [3.63, 3.8) is 0 Å². The Kier molecular flexibility index (Phi) is 7.35. The molecule has 0 amide bonds. The molecule has 0 spiro atoms. The summed E-state index contributed by atoms with van der Waals surface area (Å²) in [5, 5.41) is 4.84. The first-order valence-corrected chi connectivity index (χ1v) is 15.7. The van der Waals surface area contributed by atoms with Crippen molar-refractivity contribution in [1.82, 2.24) is 0 Å². The largest absolute Gasteiger partial charge is 0.309 e. The van der Waals surface area contributed by atoms with Crippen LogP contribution < -0.4 is 9.80 Å². The lowest BCUT2D eigenvalue weighted by Gasteiger charge is -2.33. The second kappa shape index (κ2) is 11.6. The Bertz CT molecular complexity index is 2100. The first-order chi connectivity index (χ1) is 21.9. The fraction of sp³-hybridized carbons (Fsp3) is 0.116. The lowest BCUT2D eigenvalue weighted by molar-refractivity contribution is 1.27. The van der Waals surface area contributed by atoms with Crippen LogP contribution in [0.15, 0.2) is 140 Å². The van der Waals surface area contributed by atoms with Gasteiger partial charge in [-0.15, -0.1) is 0 Å². The lowest BCUT2D eigenvalue weighted by atomic mass is 9.94. The summed E-state index contributed by atoms with van der Waals surface area (Å²) >= 11 is 0. The van der Waals surface area contributed by atoms with Gasteiger partial charge in [0, 0.05) is 44.3 Å². The third-order valence-electron chi connectivity index (χ3n) is 8.61. The summed E-state index contributed by atoms with van der Waals surface area (Å²) in [7, 11) is 0. The van der Waals surface area contributed by atoms with E-state index in [1.54, 1.807) is 0 Å². The van der Waals surface area contributed by atoms with Crippen LogP contribution in [0, 0.1) is 34.6 Å². The molecule has 7 aromatic rings. The highest BCUT2D eigenvalue weighted by Crippen LogP contribution is 2.51. The minimum Gasteiger partial charge on any atom is -0.309 e. The van der Waals surface area contributed by atoms with Gasteiger partial charge in [0.25, 0.3) is 0 Å². The van der Waals surface area contributed by atoms with E-state index >= 15 is 0 Å². The molecule has 45 heavy (non-hydrogen) atoms. The van der Waals surface area contributed by atoms with Crippen molar-refractivity contribution in [2.45, 2.75) is 34.6 Å². The molecule has 0 aliphatic heterocycles. The average molecular weight is 583 g/mol. The Balaban J connectivity index is 1.65. The number of rotatable bonds is 6. The van der Waals surface area contributed by atoms with Gasteiger partial charge in [0.05, 0.1) is 11.4 Å². The van der Waals surface area contributed by atoms with Gasteiger partial charge in [-0.25, -0.2) is 0 Å². The fourth-order valence-electron chi connectivity index (χ4n) is 6.61. The fourth-order valence-corrected chi connectivity index (χ4v) is 6.61. The quantitative estimate of drug-likeness (QED) is 0.142. The highest BCUT2D eigenvalue weighted by molar-refractivity contribution is 6.23. The normalized spacial score (nSPS) is 11.2. The monoisotopic (exact) mass is 582 g/mol. The van der Waals surface area contributed by atoms with E-state index < -0.39 is 0 Å². The van der Waals surface area contributed by atoms with Crippen LogP contribution in [0.2, 0.25) is 0 Å². The van der Waals surface area contributed by atoms with Crippen molar-refractivity contribution in [2.24, 2.45) is 0 Å². The highest BCUT2D eigenvalue weighted by Gasteiger charge is 2.25. The SMILES string of the molecule is Cc1cccc(N(c2cccc(C)c2)c2c3ccccc3c(N(c3cccc(C)c3)c3cccc(C)c3)c3cc(C)ccc23)c1. The van der Waals surface area contributed by atoms with Gasteiger partial charge in [-0.05, 0) is 111 Å². The van der Waals surface area contributed by atoms with E-state index in [0.29, 0.717) is 0 Å². The van der Waals surface area contributed by atoms with Gasteiger partial charge in [0.15, 0.2) is 0 Å². The molecule has 0 atom stereocenters. The summed E-state index contributed by atoms with van der Waals surface area (Å²) in [6, 6.07) is 51.2. The summed E-state index contributed by atoms with van der Waals surface area (Å²) < 4.78 is 0. The van der Waals surface area contributed by atoms with Crippen LogP contribution in [0.25, 0.3) is 21.5 Å². The zero-order chi connectivity index (χ0) is 31.1. The number of nitrogens with zero attached hydrogens (tertiary/aromatic N) is 2.